The number of sulfonamides is 1. The van der Waals surface area contributed by atoms with E-state index >= 15 is 0 Å². The van der Waals surface area contributed by atoms with E-state index in [-0.39, 0.29) is 4.90 Å². The number of aryl methyl sites for hydroxylation is 1. The zero-order valence-electron chi connectivity index (χ0n) is 18.8. The van der Waals surface area contributed by atoms with Crippen LogP contribution in [0.15, 0.2) is 71.6 Å². The van der Waals surface area contributed by atoms with E-state index in [0.717, 1.165) is 27.6 Å². The molecule has 0 saturated heterocycles. The van der Waals surface area contributed by atoms with Gasteiger partial charge in [-0.25, -0.2) is 12.8 Å². The number of amides is 1. The predicted molar refractivity (Wildman–Crippen MR) is 126 cm³/mol. The van der Waals surface area contributed by atoms with Crippen LogP contribution in [0.2, 0.25) is 0 Å². The second-order valence-corrected chi connectivity index (χ2v) is 9.86. The summed E-state index contributed by atoms with van der Waals surface area (Å²) in [6.45, 7) is 4.16. The molecule has 3 aromatic carbocycles. The van der Waals surface area contributed by atoms with Crippen molar-refractivity contribution in [2.24, 2.45) is 0 Å². The Labute approximate surface area is 198 Å². The predicted octanol–water partition coefficient (Wildman–Crippen LogP) is 3.98. The van der Waals surface area contributed by atoms with Crippen molar-refractivity contribution in [3.8, 4) is 11.5 Å². The van der Waals surface area contributed by atoms with Crippen molar-refractivity contribution in [1.29, 1.82) is 0 Å². The molecule has 0 aromatic heterocycles. The topological polar surface area (TPSA) is 84.9 Å². The number of carbonyl (C=O) groups excluding carboxylic acids is 1. The Morgan fingerprint density at radius 2 is 1.65 bits per heavy atom. The number of fused-ring (bicyclic) bond motifs is 1. The van der Waals surface area contributed by atoms with Gasteiger partial charge >= 0.3 is 0 Å². The van der Waals surface area contributed by atoms with Gasteiger partial charge in [-0.05, 0) is 67.9 Å². The van der Waals surface area contributed by atoms with Crippen LogP contribution in [0.3, 0.4) is 0 Å². The largest absolute Gasteiger partial charge is 0.486 e. The number of hydrogen-bond donors (Lipinski definition) is 1. The Morgan fingerprint density at radius 1 is 1.00 bits per heavy atom. The number of nitrogens with one attached hydrogen (secondary N) is 1. The van der Waals surface area contributed by atoms with Crippen molar-refractivity contribution in [3.63, 3.8) is 0 Å². The summed E-state index contributed by atoms with van der Waals surface area (Å²) in [5, 5.41) is 2.85. The Hall–Kier alpha value is -3.59. The number of hydrogen-bond acceptors (Lipinski definition) is 5. The monoisotopic (exact) mass is 484 g/mol. The Kier molecular flexibility index (Phi) is 6.74. The van der Waals surface area contributed by atoms with Crippen LogP contribution >= 0.6 is 0 Å². The van der Waals surface area contributed by atoms with Gasteiger partial charge in [0.1, 0.15) is 25.6 Å². The lowest BCUT2D eigenvalue weighted by molar-refractivity contribution is -0.120. The minimum absolute atomic E-state index is 0.109. The molecule has 7 nitrogen and oxygen atoms in total. The van der Waals surface area contributed by atoms with E-state index in [4.69, 9.17) is 9.47 Å². The molecule has 1 aliphatic heterocycles. The third-order valence-corrected chi connectivity index (χ3v) is 7.24. The molecule has 0 saturated carbocycles. The molecule has 0 bridgehead atoms. The second-order valence-electron chi connectivity index (χ2n) is 7.99. The minimum atomic E-state index is -4.12. The van der Waals surface area contributed by atoms with Crippen LogP contribution in [0.1, 0.15) is 24.1 Å². The maximum absolute atomic E-state index is 13.4. The molecule has 0 fully saturated rings. The Balaban J connectivity index is 1.56. The lowest BCUT2D eigenvalue weighted by atomic mass is 10.1. The molecule has 0 spiro atoms. The van der Waals surface area contributed by atoms with Crippen LogP contribution in [0.25, 0.3) is 0 Å². The third-order valence-electron chi connectivity index (χ3n) is 5.45. The Bertz CT molecular complexity index is 1280. The van der Waals surface area contributed by atoms with Gasteiger partial charge in [-0.15, -0.1) is 0 Å². The second kappa shape index (κ2) is 9.72. The lowest BCUT2D eigenvalue weighted by Gasteiger charge is -2.25. The maximum Gasteiger partial charge on any atom is 0.264 e. The number of anilines is 1. The minimum Gasteiger partial charge on any atom is -0.486 e. The van der Waals surface area contributed by atoms with E-state index in [2.05, 4.69) is 5.32 Å². The van der Waals surface area contributed by atoms with E-state index in [1.54, 1.807) is 43.3 Å². The summed E-state index contributed by atoms with van der Waals surface area (Å²) in [7, 11) is -4.12. The summed E-state index contributed by atoms with van der Waals surface area (Å²) in [6, 6.07) is 16.3. The summed E-state index contributed by atoms with van der Waals surface area (Å²) in [6.07, 6.45) is 0. The first-order valence-electron chi connectivity index (χ1n) is 10.8. The zero-order valence-corrected chi connectivity index (χ0v) is 19.6. The molecular weight excluding hydrogens is 459 g/mol. The van der Waals surface area contributed by atoms with Gasteiger partial charge in [-0.3, -0.25) is 9.10 Å². The highest BCUT2D eigenvalue weighted by Gasteiger charge is 2.28. The molecule has 4 rings (SSSR count). The number of benzene rings is 3. The van der Waals surface area contributed by atoms with Gasteiger partial charge < -0.3 is 14.8 Å². The molecule has 1 atom stereocenters. The first-order chi connectivity index (χ1) is 16.2. The summed E-state index contributed by atoms with van der Waals surface area (Å²) < 4.78 is 52.3. The van der Waals surface area contributed by atoms with Gasteiger partial charge in [0.05, 0.1) is 16.6 Å². The first kappa shape index (κ1) is 23.6. The molecule has 0 unspecified atom stereocenters. The van der Waals surface area contributed by atoms with Crippen molar-refractivity contribution in [2.75, 3.05) is 24.1 Å². The number of rotatable bonds is 7. The molecular formula is C25H25FN2O5S. The maximum atomic E-state index is 13.4. The van der Waals surface area contributed by atoms with Crippen LogP contribution in [0.4, 0.5) is 10.1 Å². The van der Waals surface area contributed by atoms with E-state index < -0.39 is 34.3 Å². The van der Waals surface area contributed by atoms with E-state index in [0.29, 0.717) is 30.4 Å². The Morgan fingerprint density at radius 3 is 2.32 bits per heavy atom. The van der Waals surface area contributed by atoms with Crippen molar-refractivity contribution in [1.82, 2.24) is 5.32 Å². The molecule has 1 aliphatic rings. The van der Waals surface area contributed by atoms with Gasteiger partial charge in [0.15, 0.2) is 11.5 Å². The van der Waals surface area contributed by atoms with E-state index in [1.807, 2.05) is 13.0 Å². The average Bonchev–Trinajstić information content (AvgIpc) is 2.83. The lowest BCUT2D eigenvalue weighted by Crippen LogP contribution is -2.41. The van der Waals surface area contributed by atoms with Crippen LogP contribution in [0.5, 0.6) is 11.5 Å². The van der Waals surface area contributed by atoms with E-state index in [9.17, 15) is 17.6 Å². The highest BCUT2D eigenvalue weighted by Crippen LogP contribution is 2.32. The van der Waals surface area contributed by atoms with Crippen molar-refractivity contribution in [2.45, 2.75) is 24.8 Å². The summed E-state index contributed by atoms with van der Waals surface area (Å²) in [5.74, 6) is 0.204. The van der Waals surface area contributed by atoms with E-state index in [1.165, 1.54) is 12.1 Å². The average molecular weight is 485 g/mol. The van der Waals surface area contributed by atoms with Crippen LogP contribution in [-0.4, -0.2) is 34.1 Å². The molecule has 9 heteroatoms. The summed E-state index contributed by atoms with van der Waals surface area (Å²) >= 11 is 0. The normalized spacial score (nSPS) is 13.7. The van der Waals surface area contributed by atoms with Crippen molar-refractivity contribution >= 4 is 21.6 Å². The molecule has 178 valence electrons. The molecule has 0 radical (unpaired) electrons. The van der Waals surface area contributed by atoms with Crippen molar-refractivity contribution in [3.05, 3.63) is 83.7 Å². The molecule has 1 N–H and O–H groups in total. The fourth-order valence-corrected chi connectivity index (χ4v) is 5.01. The number of carbonyl (C=O) groups is 1. The molecule has 34 heavy (non-hydrogen) atoms. The number of halogens is 1. The molecule has 1 amide bonds. The zero-order chi connectivity index (χ0) is 24.3. The molecule has 3 aromatic rings. The highest BCUT2D eigenvalue weighted by atomic mass is 32.2. The van der Waals surface area contributed by atoms with Gasteiger partial charge in [0, 0.05) is 0 Å². The summed E-state index contributed by atoms with van der Waals surface area (Å²) in [4.78, 5) is 12.9. The van der Waals surface area contributed by atoms with Crippen molar-refractivity contribution < 1.29 is 27.1 Å². The molecule has 1 heterocycles. The third kappa shape index (κ3) is 5.14. The number of ether oxygens (including phenoxy) is 2. The quantitative estimate of drug-likeness (QED) is 0.549. The van der Waals surface area contributed by atoms with Crippen LogP contribution in [-0.2, 0) is 14.8 Å². The fraction of sp³-hybridized carbons (Fsp3) is 0.240. The fourth-order valence-electron chi connectivity index (χ4n) is 3.59. The van der Waals surface area contributed by atoms with Gasteiger partial charge in [-0.2, -0.15) is 0 Å². The van der Waals surface area contributed by atoms with Gasteiger partial charge in [0.25, 0.3) is 10.0 Å². The van der Waals surface area contributed by atoms with Gasteiger partial charge in [-0.1, -0.05) is 23.8 Å². The van der Waals surface area contributed by atoms with Crippen LogP contribution < -0.4 is 19.1 Å². The smallest absolute Gasteiger partial charge is 0.264 e. The molecule has 0 aliphatic carbocycles. The summed E-state index contributed by atoms with van der Waals surface area (Å²) in [5.41, 5.74) is 2.07. The highest BCUT2D eigenvalue weighted by molar-refractivity contribution is 7.92. The van der Waals surface area contributed by atoms with Crippen LogP contribution in [0, 0.1) is 12.7 Å². The van der Waals surface area contributed by atoms with Gasteiger partial charge in [0.2, 0.25) is 5.91 Å². The SMILES string of the molecule is Cc1ccc(N(CC(=O)N[C@H](C)c2ccc3c(c2)OCCO3)S(=O)(=O)c2ccc(F)cc2)cc1. The number of nitrogens with zero attached hydrogens (tertiary/aromatic N) is 1. The first-order valence-corrected chi connectivity index (χ1v) is 12.2. The standard InChI is InChI=1S/C25H25FN2O5S/c1-17-3-8-21(9-4-17)28(34(30,31)22-10-6-20(26)7-11-22)16-25(29)27-18(2)19-5-12-23-24(15-19)33-14-13-32-23/h3-12,15,18H,13-14,16H2,1-2H3,(H,27,29)/t18-/m1/s1.